The van der Waals surface area contributed by atoms with Crippen molar-refractivity contribution in [2.24, 2.45) is 0 Å². The van der Waals surface area contributed by atoms with Crippen LogP contribution in [0.2, 0.25) is 0 Å². The van der Waals surface area contributed by atoms with Crippen LogP contribution in [0.4, 0.5) is 4.39 Å². The largest absolute Gasteiger partial charge is 0.496 e. The molecule has 0 aliphatic rings. The quantitative estimate of drug-likeness (QED) is 0.823. The fourth-order valence-electron chi connectivity index (χ4n) is 1.85. The smallest absolute Gasteiger partial charge is 0.131 e. The molecule has 0 bridgehead atoms. The molecule has 0 aromatic heterocycles. The third-order valence-electron chi connectivity index (χ3n) is 2.79. The van der Waals surface area contributed by atoms with E-state index in [0.29, 0.717) is 11.3 Å². The summed E-state index contributed by atoms with van der Waals surface area (Å²) in [5.41, 5.74) is 0.611. The van der Waals surface area contributed by atoms with Gasteiger partial charge in [0.15, 0.2) is 0 Å². The average Bonchev–Trinajstić information content (AvgIpc) is 2.31. The maximum Gasteiger partial charge on any atom is 0.131 e. The van der Waals surface area contributed by atoms with Crippen molar-refractivity contribution in [3.63, 3.8) is 0 Å². The molecule has 1 unspecified atom stereocenters. The molecule has 0 amide bonds. The number of nitrogens with one attached hydrogen (secondary N) is 1. The highest BCUT2D eigenvalue weighted by Gasteiger charge is 2.18. The molecule has 0 radical (unpaired) electrons. The Morgan fingerprint density at radius 2 is 2.12 bits per heavy atom. The molecule has 1 rings (SSSR count). The molecule has 1 aromatic rings. The number of hydrogen-bond donors (Lipinski definition) is 1. The lowest BCUT2D eigenvalue weighted by atomic mass is 10.0. The van der Waals surface area contributed by atoms with Crippen LogP contribution in [-0.2, 0) is 0 Å². The molecule has 0 saturated carbocycles. The Hall–Kier alpha value is -1.13. The number of benzene rings is 1. The van der Waals surface area contributed by atoms with Crippen molar-refractivity contribution in [3.05, 3.63) is 29.6 Å². The second kappa shape index (κ2) is 6.57. The van der Waals surface area contributed by atoms with Gasteiger partial charge >= 0.3 is 0 Å². The van der Waals surface area contributed by atoms with E-state index in [1.54, 1.807) is 19.2 Å². The molecule has 17 heavy (non-hydrogen) atoms. The van der Waals surface area contributed by atoms with Crippen LogP contribution in [-0.4, -0.2) is 39.7 Å². The Kier molecular flexibility index (Phi) is 5.38. The van der Waals surface area contributed by atoms with Crippen molar-refractivity contribution < 1.29 is 9.13 Å². The van der Waals surface area contributed by atoms with Crippen LogP contribution in [0.15, 0.2) is 18.2 Å². The number of rotatable bonds is 6. The van der Waals surface area contributed by atoms with Crippen molar-refractivity contribution >= 4 is 0 Å². The maximum atomic E-state index is 13.9. The van der Waals surface area contributed by atoms with Crippen LogP contribution in [0.5, 0.6) is 5.75 Å². The Balaban J connectivity index is 2.94. The molecular formula is C13H21FN2O. The van der Waals surface area contributed by atoms with Gasteiger partial charge in [0.25, 0.3) is 0 Å². The summed E-state index contributed by atoms with van der Waals surface area (Å²) >= 11 is 0. The van der Waals surface area contributed by atoms with E-state index in [-0.39, 0.29) is 11.9 Å². The number of hydrogen-bond acceptors (Lipinski definition) is 3. The third kappa shape index (κ3) is 3.68. The first-order valence-corrected chi connectivity index (χ1v) is 5.74. The lowest BCUT2D eigenvalue weighted by Gasteiger charge is -2.21. The Bertz CT molecular complexity index is 355. The predicted octanol–water partition coefficient (Wildman–Crippen LogP) is 2.05. The lowest BCUT2D eigenvalue weighted by Crippen LogP contribution is -2.24. The van der Waals surface area contributed by atoms with Crippen molar-refractivity contribution in [1.29, 1.82) is 0 Å². The van der Waals surface area contributed by atoms with Crippen LogP contribution in [0.25, 0.3) is 0 Å². The second-order valence-corrected chi connectivity index (χ2v) is 4.29. The summed E-state index contributed by atoms with van der Waals surface area (Å²) in [7, 11) is 7.42. The van der Waals surface area contributed by atoms with E-state index >= 15 is 0 Å². The third-order valence-corrected chi connectivity index (χ3v) is 2.79. The van der Waals surface area contributed by atoms with E-state index in [0.717, 1.165) is 13.0 Å². The van der Waals surface area contributed by atoms with Crippen LogP contribution < -0.4 is 10.1 Å². The zero-order chi connectivity index (χ0) is 12.8. The van der Waals surface area contributed by atoms with Gasteiger partial charge in [0.05, 0.1) is 7.11 Å². The summed E-state index contributed by atoms with van der Waals surface area (Å²) in [5, 5.41) is 3.14. The fourth-order valence-corrected chi connectivity index (χ4v) is 1.85. The summed E-state index contributed by atoms with van der Waals surface area (Å²) in [4.78, 5) is 2.08. The van der Waals surface area contributed by atoms with E-state index < -0.39 is 0 Å². The topological polar surface area (TPSA) is 24.5 Å². The predicted molar refractivity (Wildman–Crippen MR) is 67.9 cm³/mol. The SMILES string of the molecule is CNC(CCN(C)C)c1c(F)cccc1OC. The van der Waals surface area contributed by atoms with Crippen molar-refractivity contribution in [2.45, 2.75) is 12.5 Å². The molecule has 3 nitrogen and oxygen atoms in total. The van der Waals surface area contributed by atoms with Gasteiger partial charge in [0, 0.05) is 11.6 Å². The standard InChI is InChI=1S/C13H21FN2O/c1-15-11(8-9-16(2)3)13-10(14)6-5-7-12(13)17-4/h5-7,11,15H,8-9H2,1-4H3. The van der Waals surface area contributed by atoms with Gasteiger partial charge in [-0.25, -0.2) is 4.39 Å². The monoisotopic (exact) mass is 240 g/mol. The van der Waals surface area contributed by atoms with Crippen LogP contribution in [0, 0.1) is 5.82 Å². The molecule has 0 saturated heterocycles. The van der Waals surface area contributed by atoms with Crippen LogP contribution >= 0.6 is 0 Å². The first-order chi connectivity index (χ1) is 8.10. The maximum absolute atomic E-state index is 13.9. The highest BCUT2D eigenvalue weighted by atomic mass is 19.1. The summed E-state index contributed by atoms with van der Waals surface area (Å²) in [6.07, 6.45) is 0.834. The number of nitrogens with zero attached hydrogens (tertiary/aromatic N) is 1. The number of methoxy groups -OCH3 is 1. The molecule has 96 valence electrons. The molecule has 0 spiro atoms. The van der Waals surface area contributed by atoms with Crippen molar-refractivity contribution in [2.75, 3.05) is 34.8 Å². The second-order valence-electron chi connectivity index (χ2n) is 4.29. The first-order valence-electron chi connectivity index (χ1n) is 5.74. The van der Waals surface area contributed by atoms with Gasteiger partial charge in [0.1, 0.15) is 11.6 Å². The van der Waals surface area contributed by atoms with Gasteiger partial charge in [-0.05, 0) is 46.2 Å². The Morgan fingerprint density at radius 3 is 2.65 bits per heavy atom. The molecule has 0 aliphatic heterocycles. The van der Waals surface area contributed by atoms with Gasteiger partial charge in [0.2, 0.25) is 0 Å². The van der Waals surface area contributed by atoms with E-state index in [1.807, 2.05) is 21.1 Å². The number of ether oxygens (including phenoxy) is 1. The summed E-state index contributed by atoms with van der Waals surface area (Å²) in [5.74, 6) is 0.380. The zero-order valence-electron chi connectivity index (χ0n) is 11.0. The van der Waals surface area contributed by atoms with Gasteiger partial charge < -0.3 is 15.0 Å². The minimum Gasteiger partial charge on any atom is -0.496 e. The molecule has 0 aliphatic carbocycles. The molecule has 1 N–H and O–H groups in total. The molecule has 0 heterocycles. The normalized spacial score (nSPS) is 12.8. The lowest BCUT2D eigenvalue weighted by molar-refractivity contribution is 0.351. The Labute approximate surface area is 103 Å². The average molecular weight is 240 g/mol. The van der Waals surface area contributed by atoms with Gasteiger partial charge in [-0.15, -0.1) is 0 Å². The van der Waals surface area contributed by atoms with Gasteiger partial charge in [-0.1, -0.05) is 6.07 Å². The zero-order valence-corrected chi connectivity index (χ0v) is 11.0. The van der Waals surface area contributed by atoms with Crippen LogP contribution in [0.3, 0.4) is 0 Å². The summed E-state index contributed by atoms with van der Waals surface area (Å²) in [6.45, 7) is 0.892. The van der Waals surface area contributed by atoms with Crippen LogP contribution in [0.1, 0.15) is 18.0 Å². The Morgan fingerprint density at radius 1 is 1.41 bits per heavy atom. The molecule has 0 fully saturated rings. The van der Waals surface area contributed by atoms with E-state index in [1.165, 1.54) is 6.07 Å². The minimum atomic E-state index is -0.220. The summed E-state index contributed by atoms with van der Waals surface area (Å²) < 4.78 is 19.1. The van der Waals surface area contributed by atoms with E-state index in [4.69, 9.17) is 4.74 Å². The fraction of sp³-hybridized carbons (Fsp3) is 0.538. The highest BCUT2D eigenvalue weighted by Crippen LogP contribution is 2.29. The summed E-state index contributed by atoms with van der Waals surface area (Å²) in [6, 6.07) is 4.89. The van der Waals surface area contributed by atoms with E-state index in [9.17, 15) is 4.39 Å². The minimum absolute atomic E-state index is 0.0338. The number of halogens is 1. The molecular weight excluding hydrogens is 219 g/mol. The first kappa shape index (κ1) is 13.9. The van der Waals surface area contributed by atoms with Crippen molar-refractivity contribution in [1.82, 2.24) is 10.2 Å². The van der Waals surface area contributed by atoms with E-state index in [2.05, 4.69) is 10.2 Å². The van der Waals surface area contributed by atoms with Gasteiger partial charge in [-0.2, -0.15) is 0 Å². The highest BCUT2D eigenvalue weighted by molar-refractivity contribution is 5.37. The van der Waals surface area contributed by atoms with Gasteiger partial charge in [-0.3, -0.25) is 0 Å². The molecule has 1 atom stereocenters. The molecule has 1 aromatic carbocycles. The molecule has 4 heteroatoms. The van der Waals surface area contributed by atoms with Crippen molar-refractivity contribution in [3.8, 4) is 5.75 Å².